The average molecular weight is 379 g/mol. The normalized spacial score (nSPS) is 11.4. The first-order valence-electron chi connectivity index (χ1n) is 8.27. The number of hydrogen-bond donors (Lipinski definition) is 1. The highest BCUT2D eigenvalue weighted by Crippen LogP contribution is 2.31. The summed E-state index contributed by atoms with van der Waals surface area (Å²) in [6.45, 7) is 0. The third kappa shape index (κ3) is 3.24. The number of sulfonamides is 1. The molecule has 0 aliphatic carbocycles. The van der Waals surface area contributed by atoms with Crippen molar-refractivity contribution in [3.63, 3.8) is 0 Å². The molecule has 2 aromatic carbocycles. The minimum absolute atomic E-state index is 0.0808. The fourth-order valence-corrected chi connectivity index (χ4v) is 4.15. The van der Waals surface area contributed by atoms with Crippen LogP contribution >= 0.6 is 0 Å². The van der Waals surface area contributed by atoms with Crippen molar-refractivity contribution in [3.05, 3.63) is 79.1 Å². The molecule has 4 aromatic rings. The molecule has 6 nitrogen and oxygen atoms in total. The van der Waals surface area contributed by atoms with Gasteiger partial charge in [-0.15, -0.1) is 0 Å². The van der Waals surface area contributed by atoms with Crippen molar-refractivity contribution >= 4 is 21.4 Å². The van der Waals surface area contributed by atoms with Crippen LogP contribution in [0.25, 0.3) is 16.9 Å². The molecule has 0 amide bonds. The molecular formula is C20H17N3O3S. The van der Waals surface area contributed by atoms with Gasteiger partial charge in [0.05, 0.1) is 18.5 Å². The summed E-state index contributed by atoms with van der Waals surface area (Å²) in [7, 11) is -2.38. The number of ether oxygens (including phenoxy) is 1. The van der Waals surface area contributed by atoms with E-state index < -0.39 is 10.0 Å². The maximum Gasteiger partial charge on any atom is 0.265 e. The van der Waals surface area contributed by atoms with E-state index in [1.807, 2.05) is 47.1 Å². The lowest BCUT2D eigenvalue weighted by molar-refractivity contribution is 0.403. The molecule has 0 aliphatic heterocycles. The first kappa shape index (κ1) is 17.1. The van der Waals surface area contributed by atoms with Gasteiger partial charge in [-0.3, -0.25) is 4.72 Å². The van der Waals surface area contributed by atoms with Crippen molar-refractivity contribution in [2.75, 3.05) is 11.8 Å². The molecule has 0 unspecified atom stereocenters. The standard InChI is InChI=1S/C20H17N3O3S/c1-26-18-10-4-5-11-19(18)27(24,25)22-16-9-3-2-8-15(16)17-14-23-13-7-6-12-20(23)21-17/h2-14,22H,1H3. The number of imidazole rings is 1. The zero-order chi connectivity index (χ0) is 18.9. The van der Waals surface area contributed by atoms with Crippen LogP contribution in [0.15, 0.2) is 84.0 Å². The lowest BCUT2D eigenvalue weighted by Crippen LogP contribution is -2.14. The van der Waals surface area contributed by atoms with Crippen LogP contribution in [0.4, 0.5) is 5.69 Å². The summed E-state index contributed by atoms with van der Waals surface area (Å²) >= 11 is 0. The van der Waals surface area contributed by atoms with Gasteiger partial charge in [-0.2, -0.15) is 0 Å². The minimum Gasteiger partial charge on any atom is -0.495 e. The number of aromatic nitrogens is 2. The maximum atomic E-state index is 12.9. The molecule has 0 bridgehead atoms. The van der Waals surface area contributed by atoms with Gasteiger partial charge in [0, 0.05) is 18.0 Å². The number of benzene rings is 2. The molecule has 0 atom stereocenters. The van der Waals surface area contributed by atoms with E-state index in [0.717, 1.165) is 5.65 Å². The number of para-hydroxylation sites is 2. The lowest BCUT2D eigenvalue weighted by atomic mass is 10.1. The monoisotopic (exact) mass is 379 g/mol. The van der Waals surface area contributed by atoms with E-state index in [4.69, 9.17) is 4.74 Å². The second-order valence-electron chi connectivity index (χ2n) is 5.89. The van der Waals surface area contributed by atoms with E-state index in [0.29, 0.717) is 16.9 Å². The molecule has 2 heterocycles. The highest BCUT2D eigenvalue weighted by molar-refractivity contribution is 7.92. The van der Waals surface area contributed by atoms with Crippen LogP contribution in [0.2, 0.25) is 0 Å². The lowest BCUT2D eigenvalue weighted by Gasteiger charge is -2.13. The Kier molecular flexibility index (Phi) is 4.29. The molecule has 4 rings (SSSR count). The molecule has 0 aliphatic rings. The van der Waals surface area contributed by atoms with Gasteiger partial charge in [-0.25, -0.2) is 13.4 Å². The molecule has 0 spiro atoms. The summed E-state index contributed by atoms with van der Waals surface area (Å²) < 4.78 is 35.6. The number of nitrogens with one attached hydrogen (secondary N) is 1. The quantitative estimate of drug-likeness (QED) is 0.572. The van der Waals surface area contributed by atoms with Gasteiger partial charge in [-0.05, 0) is 30.3 Å². The second-order valence-corrected chi connectivity index (χ2v) is 7.55. The Balaban J connectivity index is 1.77. The fraction of sp³-hybridized carbons (Fsp3) is 0.0500. The molecule has 0 fully saturated rings. The Labute approximate surface area is 157 Å². The fourth-order valence-electron chi connectivity index (χ4n) is 2.90. The largest absolute Gasteiger partial charge is 0.495 e. The number of hydrogen-bond acceptors (Lipinski definition) is 4. The molecule has 2 aromatic heterocycles. The van der Waals surface area contributed by atoms with Crippen LogP contribution in [-0.4, -0.2) is 24.9 Å². The highest BCUT2D eigenvalue weighted by Gasteiger charge is 2.21. The first-order valence-corrected chi connectivity index (χ1v) is 9.76. The van der Waals surface area contributed by atoms with Crippen LogP contribution in [0.5, 0.6) is 5.75 Å². The topological polar surface area (TPSA) is 72.7 Å². The van der Waals surface area contributed by atoms with Crippen molar-refractivity contribution in [2.24, 2.45) is 0 Å². The zero-order valence-corrected chi connectivity index (χ0v) is 15.3. The molecule has 1 N–H and O–H groups in total. The summed E-state index contributed by atoms with van der Waals surface area (Å²) in [4.78, 5) is 4.66. The SMILES string of the molecule is COc1ccccc1S(=O)(=O)Nc1ccccc1-c1cn2ccccc2n1. The Morgan fingerprint density at radius 3 is 2.52 bits per heavy atom. The van der Waals surface area contributed by atoms with Crippen molar-refractivity contribution in [1.82, 2.24) is 9.38 Å². The van der Waals surface area contributed by atoms with Gasteiger partial charge in [0.25, 0.3) is 10.0 Å². The smallest absolute Gasteiger partial charge is 0.265 e. The van der Waals surface area contributed by atoms with Crippen molar-refractivity contribution in [2.45, 2.75) is 4.90 Å². The minimum atomic E-state index is -3.83. The van der Waals surface area contributed by atoms with Crippen LogP contribution < -0.4 is 9.46 Å². The predicted octanol–water partition coefficient (Wildman–Crippen LogP) is 3.81. The third-order valence-corrected chi connectivity index (χ3v) is 5.57. The zero-order valence-electron chi connectivity index (χ0n) is 14.5. The van der Waals surface area contributed by atoms with E-state index in [2.05, 4.69) is 9.71 Å². The average Bonchev–Trinajstić information content (AvgIpc) is 3.12. The Morgan fingerprint density at radius 1 is 0.963 bits per heavy atom. The second kappa shape index (κ2) is 6.77. The Morgan fingerprint density at radius 2 is 1.70 bits per heavy atom. The number of rotatable bonds is 5. The first-order chi connectivity index (χ1) is 13.1. The van der Waals surface area contributed by atoms with Crippen LogP contribution in [0.1, 0.15) is 0 Å². The van der Waals surface area contributed by atoms with Crippen LogP contribution in [0, 0.1) is 0 Å². The molecule has 27 heavy (non-hydrogen) atoms. The van der Waals surface area contributed by atoms with Crippen molar-refractivity contribution in [3.8, 4) is 17.0 Å². The summed E-state index contributed by atoms with van der Waals surface area (Å²) in [5, 5.41) is 0. The van der Waals surface area contributed by atoms with E-state index in [1.54, 1.807) is 30.3 Å². The van der Waals surface area contributed by atoms with Crippen molar-refractivity contribution < 1.29 is 13.2 Å². The number of methoxy groups -OCH3 is 1. The van der Waals surface area contributed by atoms with E-state index in [-0.39, 0.29) is 10.6 Å². The summed E-state index contributed by atoms with van der Waals surface area (Å²) in [5.74, 6) is 0.287. The van der Waals surface area contributed by atoms with Crippen LogP contribution in [0.3, 0.4) is 0 Å². The number of pyridine rings is 1. The van der Waals surface area contributed by atoms with Gasteiger partial charge in [0.1, 0.15) is 16.3 Å². The molecule has 0 saturated heterocycles. The summed E-state index contributed by atoms with van der Waals surface area (Å²) in [5.41, 5.74) is 2.61. The Hall–Kier alpha value is -3.32. The molecule has 0 saturated carbocycles. The van der Waals surface area contributed by atoms with Gasteiger partial charge >= 0.3 is 0 Å². The number of anilines is 1. The third-order valence-electron chi connectivity index (χ3n) is 4.17. The predicted molar refractivity (Wildman–Crippen MR) is 104 cm³/mol. The van der Waals surface area contributed by atoms with Gasteiger partial charge in [0.2, 0.25) is 0 Å². The highest BCUT2D eigenvalue weighted by atomic mass is 32.2. The molecule has 0 radical (unpaired) electrons. The molecule has 136 valence electrons. The molecular weight excluding hydrogens is 362 g/mol. The van der Waals surface area contributed by atoms with Crippen molar-refractivity contribution in [1.29, 1.82) is 0 Å². The van der Waals surface area contributed by atoms with Gasteiger partial charge < -0.3 is 9.14 Å². The summed E-state index contributed by atoms with van der Waals surface area (Å²) in [6, 6.07) is 19.4. The van der Waals surface area contributed by atoms with Gasteiger partial charge in [-0.1, -0.05) is 36.4 Å². The van der Waals surface area contributed by atoms with Gasteiger partial charge in [0.15, 0.2) is 0 Å². The van der Waals surface area contributed by atoms with E-state index >= 15 is 0 Å². The summed E-state index contributed by atoms with van der Waals surface area (Å²) in [6.07, 6.45) is 3.76. The number of nitrogens with zero attached hydrogens (tertiary/aromatic N) is 2. The van der Waals surface area contributed by atoms with Crippen LogP contribution in [-0.2, 0) is 10.0 Å². The maximum absolute atomic E-state index is 12.9. The van der Waals surface area contributed by atoms with E-state index in [1.165, 1.54) is 13.2 Å². The molecule has 7 heteroatoms. The Bertz CT molecular complexity index is 1180. The number of fused-ring (bicyclic) bond motifs is 1. The van der Waals surface area contributed by atoms with E-state index in [9.17, 15) is 8.42 Å².